The number of amides is 1. The Kier molecular flexibility index (Phi) is 3.97. The maximum atomic E-state index is 12.5. The van der Waals surface area contributed by atoms with E-state index in [0.29, 0.717) is 41.9 Å². The topological polar surface area (TPSA) is 105 Å². The van der Waals surface area contributed by atoms with Gasteiger partial charge in [0.2, 0.25) is 11.8 Å². The van der Waals surface area contributed by atoms with Crippen LogP contribution in [0.3, 0.4) is 0 Å². The molecule has 1 aliphatic rings. The highest BCUT2D eigenvalue weighted by Gasteiger charge is 2.31. The van der Waals surface area contributed by atoms with Gasteiger partial charge in [-0.1, -0.05) is 5.16 Å². The maximum absolute atomic E-state index is 12.5. The van der Waals surface area contributed by atoms with Crippen LogP contribution in [0.2, 0.25) is 0 Å². The molecule has 1 atom stereocenters. The average Bonchev–Trinajstić information content (AvgIpc) is 3.11. The first-order valence-corrected chi connectivity index (χ1v) is 7.58. The van der Waals surface area contributed by atoms with Crippen LogP contribution in [0.1, 0.15) is 41.1 Å². The first kappa shape index (κ1) is 15.4. The first-order valence-electron chi connectivity index (χ1n) is 7.58. The molecule has 0 bridgehead atoms. The van der Waals surface area contributed by atoms with Crippen LogP contribution in [0.15, 0.2) is 9.32 Å². The van der Waals surface area contributed by atoms with Crippen molar-refractivity contribution >= 4 is 5.91 Å². The Labute approximate surface area is 132 Å². The summed E-state index contributed by atoms with van der Waals surface area (Å²) < 4.78 is 5.18. The van der Waals surface area contributed by atoms with Gasteiger partial charge in [-0.3, -0.25) is 9.59 Å². The fourth-order valence-electron chi connectivity index (χ4n) is 2.89. The standard InChI is InChI=1S/C15H19N5O3/c1-8-12(14(22)17-9(2)16-8)6-13(21)20-5-4-11(7-20)15-18-10(3)19-23-15/h11H,4-7H2,1-3H3,(H,16,17,22)/t11-/m1/s1. The molecule has 2 aromatic rings. The van der Waals surface area contributed by atoms with Crippen LogP contribution in [0, 0.1) is 20.8 Å². The van der Waals surface area contributed by atoms with Crippen molar-refractivity contribution in [1.29, 1.82) is 0 Å². The lowest BCUT2D eigenvalue weighted by molar-refractivity contribution is -0.129. The number of hydrogen-bond donors (Lipinski definition) is 1. The summed E-state index contributed by atoms with van der Waals surface area (Å²) in [6.45, 7) is 6.40. The summed E-state index contributed by atoms with van der Waals surface area (Å²) in [6.07, 6.45) is 0.846. The van der Waals surface area contributed by atoms with Gasteiger partial charge in [-0.05, 0) is 27.2 Å². The molecule has 1 saturated heterocycles. The third-order valence-electron chi connectivity index (χ3n) is 4.10. The van der Waals surface area contributed by atoms with Gasteiger partial charge in [-0.2, -0.15) is 4.98 Å². The van der Waals surface area contributed by atoms with Crippen molar-refractivity contribution in [1.82, 2.24) is 25.0 Å². The lowest BCUT2D eigenvalue weighted by Crippen LogP contribution is -2.32. The van der Waals surface area contributed by atoms with Gasteiger partial charge >= 0.3 is 0 Å². The molecule has 0 saturated carbocycles. The van der Waals surface area contributed by atoms with Crippen molar-refractivity contribution in [3.8, 4) is 0 Å². The number of nitrogens with one attached hydrogen (secondary N) is 1. The summed E-state index contributed by atoms with van der Waals surface area (Å²) in [4.78, 5) is 37.3. The highest BCUT2D eigenvalue weighted by atomic mass is 16.5. The van der Waals surface area contributed by atoms with Gasteiger partial charge in [0.15, 0.2) is 5.82 Å². The van der Waals surface area contributed by atoms with Crippen molar-refractivity contribution in [2.45, 2.75) is 39.5 Å². The molecule has 1 aliphatic heterocycles. The van der Waals surface area contributed by atoms with E-state index >= 15 is 0 Å². The van der Waals surface area contributed by atoms with Crippen LogP contribution in [0.4, 0.5) is 0 Å². The fourth-order valence-corrected chi connectivity index (χ4v) is 2.89. The Morgan fingerprint density at radius 1 is 1.35 bits per heavy atom. The van der Waals surface area contributed by atoms with Gasteiger partial charge < -0.3 is 14.4 Å². The van der Waals surface area contributed by atoms with E-state index in [1.165, 1.54) is 0 Å². The first-order chi connectivity index (χ1) is 10.9. The molecular formula is C15H19N5O3. The molecule has 1 fully saturated rings. The fraction of sp³-hybridized carbons (Fsp3) is 0.533. The number of carbonyl (C=O) groups is 1. The Balaban J connectivity index is 1.69. The summed E-state index contributed by atoms with van der Waals surface area (Å²) in [7, 11) is 0. The molecule has 0 spiro atoms. The summed E-state index contributed by atoms with van der Waals surface area (Å²) >= 11 is 0. The second kappa shape index (κ2) is 5.94. The molecule has 0 radical (unpaired) electrons. The minimum absolute atomic E-state index is 0.0596. The molecule has 8 heteroatoms. The van der Waals surface area contributed by atoms with Gasteiger partial charge in [0, 0.05) is 24.3 Å². The second-order valence-corrected chi connectivity index (χ2v) is 5.90. The largest absolute Gasteiger partial charge is 0.342 e. The smallest absolute Gasteiger partial charge is 0.254 e. The van der Waals surface area contributed by atoms with Crippen molar-refractivity contribution in [2.24, 2.45) is 0 Å². The lowest BCUT2D eigenvalue weighted by atomic mass is 10.1. The predicted molar refractivity (Wildman–Crippen MR) is 81.0 cm³/mol. The molecule has 0 unspecified atom stereocenters. The Hall–Kier alpha value is -2.51. The molecular weight excluding hydrogens is 298 g/mol. The van der Waals surface area contributed by atoms with Crippen LogP contribution in [-0.4, -0.2) is 44.0 Å². The summed E-state index contributed by atoms with van der Waals surface area (Å²) in [5, 5.41) is 3.79. The number of aromatic nitrogens is 4. The number of aromatic amines is 1. The van der Waals surface area contributed by atoms with E-state index in [-0.39, 0.29) is 23.8 Å². The normalized spacial score (nSPS) is 17.7. The van der Waals surface area contributed by atoms with E-state index in [9.17, 15) is 9.59 Å². The number of nitrogens with zero attached hydrogens (tertiary/aromatic N) is 4. The number of rotatable bonds is 3. The SMILES string of the molecule is Cc1noc([C@@H]2CCN(C(=O)Cc3c(C)nc(C)[nH]c3=O)C2)n1. The minimum Gasteiger partial charge on any atom is -0.342 e. The van der Waals surface area contributed by atoms with E-state index in [1.807, 2.05) is 0 Å². The molecule has 0 aliphatic carbocycles. The average molecular weight is 317 g/mol. The number of aryl methyl sites for hydroxylation is 3. The van der Waals surface area contributed by atoms with E-state index in [1.54, 1.807) is 25.7 Å². The third kappa shape index (κ3) is 3.15. The second-order valence-electron chi connectivity index (χ2n) is 5.90. The van der Waals surface area contributed by atoms with Crippen molar-refractivity contribution < 1.29 is 9.32 Å². The van der Waals surface area contributed by atoms with Gasteiger partial charge in [0.1, 0.15) is 5.82 Å². The van der Waals surface area contributed by atoms with Crippen molar-refractivity contribution in [3.05, 3.63) is 39.2 Å². The van der Waals surface area contributed by atoms with Crippen LogP contribution < -0.4 is 5.56 Å². The summed E-state index contributed by atoms with van der Waals surface area (Å²) in [5.74, 6) is 1.71. The zero-order chi connectivity index (χ0) is 16.6. The molecule has 23 heavy (non-hydrogen) atoms. The van der Waals surface area contributed by atoms with Crippen LogP contribution >= 0.6 is 0 Å². The number of hydrogen-bond acceptors (Lipinski definition) is 6. The quantitative estimate of drug-likeness (QED) is 0.890. The van der Waals surface area contributed by atoms with Crippen LogP contribution in [0.25, 0.3) is 0 Å². The summed E-state index contributed by atoms with van der Waals surface area (Å²) in [5.41, 5.74) is 0.784. The highest BCUT2D eigenvalue weighted by molar-refractivity contribution is 5.79. The molecule has 1 amide bonds. The molecule has 3 heterocycles. The molecule has 0 aromatic carbocycles. The molecule has 8 nitrogen and oxygen atoms in total. The number of H-pyrrole nitrogens is 1. The maximum Gasteiger partial charge on any atom is 0.254 e. The van der Waals surface area contributed by atoms with E-state index < -0.39 is 0 Å². The van der Waals surface area contributed by atoms with Gasteiger partial charge in [-0.15, -0.1) is 0 Å². The van der Waals surface area contributed by atoms with E-state index in [2.05, 4.69) is 20.1 Å². The third-order valence-corrected chi connectivity index (χ3v) is 4.10. The van der Waals surface area contributed by atoms with Gasteiger partial charge in [-0.25, -0.2) is 4.98 Å². The molecule has 122 valence electrons. The zero-order valence-electron chi connectivity index (χ0n) is 13.4. The molecule has 2 aromatic heterocycles. The number of carbonyl (C=O) groups excluding carboxylic acids is 1. The van der Waals surface area contributed by atoms with Crippen molar-refractivity contribution in [3.63, 3.8) is 0 Å². The van der Waals surface area contributed by atoms with Gasteiger partial charge in [0.05, 0.1) is 12.3 Å². The predicted octanol–water partition coefficient (Wildman–Crippen LogP) is 0.637. The minimum atomic E-state index is -0.244. The molecule has 1 N–H and O–H groups in total. The van der Waals surface area contributed by atoms with Crippen LogP contribution in [0.5, 0.6) is 0 Å². The molecule has 3 rings (SSSR count). The Bertz CT molecular complexity index is 795. The zero-order valence-corrected chi connectivity index (χ0v) is 13.4. The number of likely N-dealkylation sites (tertiary alicyclic amines) is 1. The Morgan fingerprint density at radius 3 is 2.78 bits per heavy atom. The lowest BCUT2D eigenvalue weighted by Gasteiger charge is -2.16. The monoisotopic (exact) mass is 317 g/mol. The van der Waals surface area contributed by atoms with E-state index in [4.69, 9.17) is 4.52 Å². The van der Waals surface area contributed by atoms with Crippen molar-refractivity contribution in [2.75, 3.05) is 13.1 Å². The van der Waals surface area contributed by atoms with Gasteiger partial charge in [0.25, 0.3) is 5.56 Å². The Morgan fingerprint density at radius 2 is 2.13 bits per heavy atom. The summed E-state index contributed by atoms with van der Waals surface area (Å²) in [6, 6.07) is 0. The highest BCUT2D eigenvalue weighted by Crippen LogP contribution is 2.26. The van der Waals surface area contributed by atoms with E-state index in [0.717, 1.165) is 6.42 Å². The van der Waals surface area contributed by atoms with Crippen LogP contribution in [-0.2, 0) is 11.2 Å².